The van der Waals surface area contributed by atoms with Crippen LogP contribution in [0.1, 0.15) is 16.7 Å². The second-order valence-corrected chi connectivity index (χ2v) is 8.21. The Labute approximate surface area is 189 Å². The second-order valence-electron chi connectivity index (χ2n) is 7.24. The topological polar surface area (TPSA) is 106 Å². The second kappa shape index (κ2) is 9.69. The van der Waals surface area contributed by atoms with Gasteiger partial charge in [0.05, 0.1) is 11.4 Å². The summed E-state index contributed by atoms with van der Waals surface area (Å²) in [4.78, 5) is 42.1. The van der Waals surface area contributed by atoms with Gasteiger partial charge in [-0.3, -0.25) is 18.7 Å². The number of rotatable bonds is 5. The maximum atomic E-state index is 12.8. The summed E-state index contributed by atoms with van der Waals surface area (Å²) in [7, 11) is 2.68. The molecule has 1 aromatic heterocycles. The first-order chi connectivity index (χ1) is 15.2. The van der Waals surface area contributed by atoms with Crippen LogP contribution in [0.15, 0.2) is 63.1 Å². The molecule has 8 nitrogen and oxygen atoms in total. The Bertz CT molecular complexity index is 1310. The van der Waals surface area contributed by atoms with E-state index >= 15 is 0 Å². The average Bonchev–Trinajstić information content (AvgIpc) is 2.78. The fourth-order valence-corrected chi connectivity index (χ4v) is 3.84. The molecule has 0 aliphatic rings. The number of hydrogen-bond acceptors (Lipinski definition) is 6. The Hall–Kier alpha value is -3.59. The van der Waals surface area contributed by atoms with Crippen molar-refractivity contribution in [1.29, 1.82) is 0 Å². The van der Waals surface area contributed by atoms with Crippen LogP contribution in [-0.2, 0) is 18.9 Å². The number of aromatic nitrogens is 2. The zero-order valence-corrected chi connectivity index (χ0v) is 19.1. The molecule has 0 saturated carbocycles. The first-order valence-corrected chi connectivity index (χ1v) is 10.8. The Balaban J connectivity index is 1.97. The van der Waals surface area contributed by atoms with E-state index in [-0.39, 0.29) is 22.3 Å². The first-order valence-electron chi connectivity index (χ1n) is 9.82. The van der Waals surface area contributed by atoms with Crippen LogP contribution in [0.25, 0.3) is 0 Å². The van der Waals surface area contributed by atoms with Gasteiger partial charge < -0.3 is 10.4 Å². The monoisotopic (exact) mass is 452 g/mol. The number of hydrogen-bond donors (Lipinski definition) is 2. The van der Waals surface area contributed by atoms with Gasteiger partial charge in [0, 0.05) is 19.8 Å². The molecule has 2 aromatic carbocycles. The fraction of sp³-hybridized carbons (Fsp3) is 0.217. The number of anilines is 1. The summed E-state index contributed by atoms with van der Waals surface area (Å²) in [6.45, 7) is 3.88. The third kappa shape index (κ3) is 4.83. The highest BCUT2D eigenvalue weighted by Crippen LogP contribution is 2.24. The Kier molecular flexibility index (Phi) is 6.99. The lowest BCUT2D eigenvalue weighted by atomic mass is 10.1. The molecule has 2 N–H and O–H groups in total. The quantitative estimate of drug-likeness (QED) is 0.457. The van der Waals surface area contributed by atoms with E-state index in [1.54, 1.807) is 24.3 Å². The number of nitrogens with one attached hydrogen (secondary N) is 1. The molecule has 166 valence electrons. The maximum Gasteiger partial charge on any atom is 0.333 e. The van der Waals surface area contributed by atoms with Gasteiger partial charge in [-0.05, 0) is 43.2 Å². The summed E-state index contributed by atoms with van der Waals surface area (Å²) in [6, 6.07) is 14.5. The third-order valence-corrected chi connectivity index (χ3v) is 6.03. The van der Waals surface area contributed by atoms with Gasteiger partial charge in [0.1, 0.15) is 10.6 Å². The molecular formula is C23H24N4O4S. The highest BCUT2D eigenvalue weighted by atomic mass is 32.2. The SMILES string of the molecule is Cc1cccc(NC(=O)CSC(=Nc2ccccc2)c2c(O)n(C)c(=O)n(C)c2=O)c1C. The summed E-state index contributed by atoms with van der Waals surface area (Å²) in [5, 5.41) is 13.6. The van der Waals surface area contributed by atoms with Crippen LogP contribution in [0.2, 0.25) is 0 Å². The molecule has 0 aliphatic heterocycles. The van der Waals surface area contributed by atoms with E-state index in [1.165, 1.54) is 14.1 Å². The van der Waals surface area contributed by atoms with Gasteiger partial charge in [0.25, 0.3) is 5.56 Å². The van der Waals surface area contributed by atoms with Crippen LogP contribution in [0.3, 0.4) is 0 Å². The van der Waals surface area contributed by atoms with Crippen molar-refractivity contribution >= 4 is 34.1 Å². The number of amides is 1. The van der Waals surface area contributed by atoms with Gasteiger partial charge in [-0.2, -0.15) is 0 Å². The number of nitrogens with zero attached hydrogens (tertiary/aromatic N) is 3. The smallest absolute Gasteiger partial charge is 0.333 e. The number of aryl methyl sites for hydroxylation is 1. The third-order valence-electron chi connectivity index (χ3n) is 5.05. The van der Waals surface area contributed by atoms with Gasteiger partial charge in [-0.1, -0.05) is 42.1 Å². The largest absolute Gasteiger partial charge is 0.494 e. The van der Waals surface area contributed by atoms with Crippen LogP contribution < -0.4 is 16.6 Å². The van der Waals surface area contributed by atoms with Crippen molar-refractivity contribution in [3.05, 3.63) is 86.1 Å². The summed E-state index contributed by atoms with van der Waals surface area (Å²) in [5.41, 5.74) is 1.78. The van der Waals surface area contributed by atoms with E-state index in [9.17, 15) is 19.5 Å². The van der Waals surface area contributed by atoms with E-state index in [0.717, 1.165) is 32.0 Å². The molecule has 32 heavy (non-hydrogen) atoms. The van der Waals surface area contributed by atoms with E-state index in [2.05, 4.69) is 10.3 Å². The molecule has 1 heterocycles. The lowest BCUT2D eigenvalue weighted by Gasteiger charge is -2.13. The number of para-hydroxylation sites is 1. The number of carbonyl (C=O) groups excluding carboxylic acids is 1. The minimum absolute atomic E-state index is 0.0511. The Morgan fingerprint density at radius 3 is 2.41 bits per heavy atom. The van der Waals surface area contributed by atoms with Crippen molar-refractivity contribution in [1.82, 2.24) is 9.13 Å². The van der Waals surface area contributed by atoms with Crippen molar-refractivity contribution in [3.63, 3.8) is 0 Å². The Morgan fingerprint density at radius 2 is 1.72 bits per heavy atom. The molecule has 0 aliphatic carbocycles. The van der Waals surface area contributed by atoms with E-state index in [1.807, 2.05) is 38.1 Å². The van der Waals surface area contributed by atoms with Crippen LogP contribution >= 0.6 is 11.8 Å². The number of thioether (sulfide) groups is 1. The van der Waals surface area contributed by atoms with E-state index in [4.69, 9.17) is 0 Å². The highest BCUT2D eigenvalue weighted by Gasteiger charge is 2.22. The standard InChI is InChI=1S/C23H24N4O4S/c1-14-9-8-12-17(15(14)2)25-18(28)13-32-20(24-16-10-6-5-7-11-16)19-21(29)26(3)23(31)27(4)22(19)30/h5-12,29H,13H2,1-4H3,(H,25,28). The van der Waals surface area contributed by atoms with Gasteiger partial charge in [0.2, 0.25) is 11.8 Å². The summed E-state index contributed by atoms with van der Waals surface area (Å²) in [6.07, 6.45) is 0. The molecule has 1 amide bonds. The minimum atomic E-state index is -0.692. The van der Waals surface area contributed by atoms with Gasteiger partial charge in [-0.25, -0.2) is 9.79 Å². The summed E-state index contributed by atoms with van der Waals surface area (Å²) in [5.74, 6) is -0.842. The van der Waals surface area contributed by atoms with Crippen molar-refractivity contribution in [2.24, 2.45) is 19.1 Å². The molecule has 3 aromatic rings. The first kappa shape index (κ1) is 23.1. The molecular weight excluding hydrogens is 428 g/mol. The molecule has 0 bridgehead atoms. The van der Waals surface area contributed by atoms with Gasteiger partial charge in [-0.15, -0.1) is 0 Å². The lowest BCUT2D eigenvalue weighted by Crippen LogP contribution is -2.39. The van der Waals surface area contributed by atoms with Crippen molar-refractivity contribution < 1.29 is 9.90 Å². The van der Waals surface area contributed by atoms with Crippen LogP contribution in [0, 0.1) is 13.8 Å². The fourth-order valence-electron chi connectivity index (χ4n) is 3.01. The molecule has 0 radical (unpaired) electrons. The molecule has 0 fully saturated rings. The average molecular weight is 453 g/mol. The van der Waals surface area contributed by atoms with Crippen LogP contribution in [0.4, 0.5) is 11.4 Å². The normalized spacial score (nSPS) is 11.4. The zero-order chi connectivity index (χ0) is 23.4. The Morgan fingerprint density at radius 1 is 1.03 bits per heavy atom. The van der Waals surface area contributed by atoms with Crippen LogP contribution in [0.5, 0.6) is 5.88 Å². The van der Waals surface area contributed by atoms with E-state index < -0.39 is 17.1 Å². The number of carbonyl (C=O) groups is 1. The molecule has 0 atom stereocenters. The minimum Gasteiger partial charge on any atom is -0.494 e. The number of benzene rings is 2. The zero-order valence-electron chi connectivity index (χ0n) is 18.2. The molecule has 3 rings (SSSR count). The van der Waals surface area contributed by atoms with Crippen molar-refractivity contribution in [2.75, 3.05) is 11.1 Å². The van der Waals surface area contributed by atoms with E-state index in [0.29, 0.717) is 11.4 Å². The lowest BCUT2D eigenvalue weighted by molar-refractivity contribution is -0.113. The summed E-state index contributed by atoms with van der Waals surface area (Å²) >= 11 is 1.01. The van der Waals surface area contributed by atoms with Gasteiger partial charge in [0.15, 0.2) is 0 Å². The number of aromatic hydroxyl groups is 1. The van der Waals surface area contributed by atoms with Crippen molar-refractivity contribution in [3.8, 4) is 5.88 Å². The predicted octanol–water partition coefficient (Wildman–Crippen LogP) is 2.86. The molecule has 9 heteroatoms. The molecule has 0 unspecified atom stereocenters. The van der Waals surface area contributed by atoms with Crippen molar-refractivity contribution in [2.45, 2.75) is 13.8 Å². The maximum absolute atomic E-state index is 12.8. The van der Waals surface area contributed by atoms with Crippen LogP contribution in [-0.4, -0.2) is 30.9 Å². The predicted molar refractivity (Wildman–Crippen MR) is 128 cm³/mol. The molecule has 0 spiro atoms. The van der Waals surface area contributed by atoms with Gasteiger partial charge >= 0.3 is 5.69 Å². The highest BCUT2D eigenvalue weighted by molar-refractivity contribution is 8.15. The summed E-state index contributed by atoms with van der Waals surface area (Å²) < 4.78 is 1.86. The number of aliphatic imine (C=N–C) groups is 1. The molecule has 0 saturated heterocycles.